The Hall–Kier alpha value is -1.03. The number of carbonyl (C=O) groups excluding carboxylic acids is 1. The summed E-state index contributed by atoms with van der Waals surface area (Å²) in [4.78, 5) is 11.5. The maximum atomic E-state index is 11.5. The summed E-state index contributed by atoms with van der Waals surface area (Å²) in [6.45, 7) is 3.99. The number of rotatable bonds is 3. The number of ether oxygens (including phenoxy) is 1. The Kier molecular flexibility index (Phi) is 4.15. The molecule has 4 heteroatoms. The highest BCUT2D eigenvalue weighted by molar-refractivity contribution is 9.10. The lowest BCUT2D eigenvalue weighted by Gasteiger charge is -2.11. The van der Waals surface area contributed by atoms with Crippen molar-refractivity contribution in [2.24, 2.45) is 0 Å². The molecule has 1 aromatic rings. The summed E-state index contributed by atoms with van der Waals surface area (Å²) in [6, 6.07) is 5.45. The first-order valence-electron chi connectivity index (χ1n) is 4.77. The molecule has 1 rings (SSSR count). The minimum absolute atomic E-state index is 0.227. The van der Waals surface area contributed by atoms with Crippen molar-refractivity contribution in [1.82, 2.24) is 0 Å². The number of esters is 1. The first-order chi connectivity index (χ1) is 7.04. The zero-order chi connectivity index (χ0) is 11.4. The highest BCUT2D eigenvalue weighted by atomic mass is 79.9. The Labute approximate surface area is 97.7 Å². The highest BCUT2D eigenvalue weighted by Crippen LogP contribution is 2.24. The van der Waals surface area contributed by atoms with Crippen LogP contribution in [-0.2, 0) is 9.53 Å². The number of anilines is 1. The number of hydrogen-bond donors (Lipinski definition) is 1. The molecule has 0 aliphatic carbocycles. The van der Waals surface area contributed by atoms with E-state index in [0.717, 1.165) is 10.0 Å². The second-order valence-electron chi connectivity index (χ2n) is 3.29. The number of nitrogens with two attached hydrogens (primary N) is 1. The van der Waals surface area contributed by atoms with Crippen LogP contribution in [0.1, 0.15) is 25.3 Å². The Bertz CT molecular complexity index is 345. The van der Waals surface area contributed by atoms with Crippen LogP contribution in [0.3, 0.4) is 0 Å². The minimum Gasteiger partial charge on any atom is -0.466 e. The lowest BCUT2D eigenvalue weighted by atomic mass is 10.0. The number of hydrogen-bond acceptors (Lipinski definition) is 3. The van der Waals surface area contributed by atoms with E-state index in [1.54, 1.807) is 26.0 Å². The van der Waals surface area contributed by atoms with Crippen LogP contribution >= 0.6 is 15.9 Å². The molecule has 0 spiro atoms. The topological polar surface area (TPSA) is 52.3 Å². The van der Waals surface area contributed by atoms with E-state index in [9.17, 15) is 4.79 Å². The summed E-state index contributed by atoms with van der Waals surface area (Å²) in [5.41, 5.74) is 7.19. The molecule has 2 N–H and O–H groups in total. The van der Waals surface area contributed by atoms with Crippen LogP contribution in [0.15, 0.2) is 22.7 Å². The summed E-state index contributed by atoms with van der Waals surface area (Å²) in [7, 11) is 0. The fourth-order valence-electron chi connectivity index (χ4n) is 1.29. The molecular formula is C11H14BrNO2. The van der Waals surface area contributed by atoms with Crippen molar-refractivity contribution in [3.63, 3.8) is 0 Å². The number of nitrogen functional groups attached to an aromatic ring is 1. The van der Waals surface area contributed by atoms with Gasteiger partial charge in [0.05, 0.1) is 12.5 Å². The molecule has 1 unspecified atom stereocenters. The molecule has 0 aromatic heterocycles. The van der Waals surface area contributed by atoms with Gasteiger partial charge in [0.15, 0.2) is 0 Å². The van der Waals surface area contributed by atoms with Gasteiger partial charge in [-0.2, -0.15) is 0 Å². The Balaban J connectivity index is 2.90. The number of carbonyl (C=O) groups is 1. The summed E-state index contributed by atoms with van der Waals surface area (Å²) in [6.07, 6.45) is 0. The second-order valence-corrected chi connectivity index (χ2v) is 4.21. The zero-order valence-electron chi connectivity index (χ0n) is 8.79. The Morgan fingerprint density at radius 3 is 2.73 bits per heavy atom. The maximum absolute atomic E-state index is 11.5. The van der Waals surface area contributed by atoms with Gasteiger partial charge in [-0.1, -0.05) is 15.9 Å². The zero-order valence-corrected chi connectivity index (χ0v) is 10.4. The van der Waals surface area contributed by atoms with Gasteiger partial charge in [0, 0.05) is 10.2 Å². The molecule has 0 saturated carbocycles. The lowest BCUT2D eigenvalue weighted by molar-refractivity contribution is -0.144. The molecule has 0 amide bonds. The van der Waals surface area contributed by atoms with Crippen LogP contribution in [-0.4, -0.2) is 12.6 Å². The van der Waals surface area contributed by atoms with Gasteiger partial charge in [0.25, 0.3) is 0 Å². The second kappa shape index (κ2) is 5.16. The van der Waals surface area contributed by atoms with Gasteiger partial charge in [0.1, 0.15) is 0 Å². The Morgan fingerprint density at radius 1 is 1.53 bits per heavy atom. The average Bonchev–Trinajstić information content (AvgIpc) is 2.15. The third-order valence-electron chi connectivity index (χ3n) is 2.08. The van der Waals surface area contributed by atoms with Crippen molar-refractivity contribution < 1.29 is 9.53 Å². The third kappa shape index (κ3) is 3.23. The van der Waals surface area contributed by atoms with Gasteiger partial charge in [-0.05, 0) is 37.6 Å². The first-order valence-corrected chi connectivity index (χ1v) is 5.56. The van der Waals surface area contributed by atoms with Gasteiger partial charge in [-0.15, -0.1) is 0 Å². The molecular weight excluding hydrogens is 258 g/mol. The number of benzene rings is 1. The van der Waals surface area contributed by atoms with E-state index >= 15 is 0 Å². The van der Waals surface area contributed by atoms with E-state index in [0.29, 0.717) is 12.3 Å². The summed E-state index contributed by atoms with van der Waals surface area (Å²) >= 11 is 3.34. The minimum atomic E-state index is -0.287. The lowest BCUT2D eigenvalue weighted by Crippen LogP contribution is -2.13. The molecule has 1 aromatic carbocycles. The van der Waals surface area contributed by atoms with E-state index in [1.165, 1.54) is 0 Å². The van der Waals surface area contributed by atoms with Crippen molar-refractivity contribution in [2.45, 2.75) is 19.8 Å². The Morgan fingerprint density at radius 2 is 2.20 bits per heavy atom. The summed E-state index contributed by atoms with van der Waals surface area (Å²) in [5, 5.41) is 0. The van der Waals surface area contributed by atoms with Gasteiger partial charge >= 0.3 is 5.97 Å². The molecule has 1 atom stereocenters. The quantitative estimate of drug-likeness (QED) is 0.680. The van der Waals surface area contributed by atoms with Gasteiger partial charge in [-0.25, -0.2) is 0 Å². The number of halogens is 1. The molecule has 0 heterocycles. The predicted octanol–water partition coefficient (Wildman–Crippen LogP) is 2.70. The maximum Gasteiger partial charge on any atom is 0.313 e. The predicted molar refractivity (Wildman–Crippen MR) is 63.6 cm³/mol. The molecule has 82 valence electrons. The molecule has 0 fully saturated rings. The van der Waals surface area contributed by atoms with Crippen LogP contribution < -0.4 is 5.73 Å². The van der Waals surface area contributed by atoms with E-state index < -0.39 is 0 Å². The van der Waals surface area contributed by atoms with Crippen LogP contribution in [0.25, 0.3) is 0 Å². The highest BCUT2D eigenvalue weighted by Gasteiger charge is 2.16. The van der Waals surface area contributed by atoms with Crippen molar-refractivity contribution in [3.05, 3.63) is 28.2 Å². The normalized spacial score (nSPS) is 12.2. The van der Waals surface area contributed by atoms with E-state index in [2.05, 4.69) is 15.9 Å². The van der Waals surface area contributed by atoms with Crippen LogP contribution in [0, 0.1) is 0 Å². The summed E-state index contributed by atoms with van der Waals surface area (Å²) in [5.74, 6) is -0.514. The largest absolute Gasteiger partial charge is 0.466 e. The average molecular weight is 272 g/mol. The van der Waals surface area contributed by atoms with E-state index in [1.807, 2.05) is 6.07 Å². The summed E-state index contributed by atoms with van der Waals surface area (Å²) < 4.78 is 5.81. The molecule has 0 bridgehead atoms. The van der Waals surface area contributed by atoms with Crippen molar-refractivity contribution in [2.75, 3.05) is 12.3 Å². The molecule has 0 radical (unpaired) electrons. The monoisotopic (exact) mass is 271 g/mol. The molecule has 0 aliphatic heterocycles. The van der Waals surface area contributed by atoms with E-state index in [-0.39, 0.29) is 11.9 Å². The van der Waals surface area contributed by atoms with Crippen LogP contribution in [0.5, 0.6) is 0 Å². The third-order valence-corrected chi connectivity index (χ3v) is 2.54. The van der Waals surface area contributed by atoms with Crippen LogP contribution in [0.4, 0.5) is 5.69 Å². The SMILES string of the molecule is CCOC(=O)C(C)c1cc(N)cc(Br)c1. The molecule has 15 heavy (non-hydrogen) atoms. The van der Waals surface area contributed by atoms with E-state index in [4.69, 9.17) is 10.5 Å². The van der Waals surface area contributed by atoms with Gasteiger partial charge < -0.3 is 10.5 Å². The smallest absolute Gasteiger partial charge is 0.313 e. The van der Waals surface area contributed by atoms with Crippen molar-refractivity contribution in [1.29, 1.82) is 0 Å². The van der Waals surface area contributed by atoms with Crippen molar-refractivity contribution >= 4 is 27.6 Å². The van der Waals surface area contributed by atoms with Gasteiger partial charge in [-0.3, -0.25) is 4.79 Å². The standard InChI is InChI=1S/C11H14BrNO2/c1-3-15-11(14)7(2)8-4-9(12)6-10(13)5-8/h4-7H,3,13H2,1-2H3. The first kappa shape index (κ1) is 12.0. The molecule has 0 saturated heterocycles. The van der Waals surface area contributed by atoms with Crippen molar-refractivity contribution in [3.8, 4) is 0 Å². The van der Waals surface area contributed by atoms with Gasteiger partial charge in [0.2, 0.25) is 0 Å². The molecule has 3 nitrogen and oxygen atoms in total. The fraction of sp³-hybridized carbons (Fsp3) is 0.364. The van der Waals surface area contributed by atoms with Crippen LogP contribution in [0.2, 0.25) is 0 Å². The molecule has 0 aliphatic rings. The fourth-order valence-corrected chi connectivity index (χ4v) is 1.82.